The maximum Gasteiger partial charge on any atom is 0.234 e. The van der Waals surface area contributed by atoms with Crippen molar-refractivity contribution >= 4 is 39.3 Å². The predicted molar refractivity (Wildman–Crippen MR) is 98.1 cm³/mol. The van der Waals surface area contributed by atoms with Crippen molar-refractivity contribution in [1.82, 2.24) is 19.5 Å². The average molecular weight is 406 g/mol. The maximum atomic E-state index is 12.2. The molecule has 0 radical (unpaired) electrons. The highest BCUT2D eigenvalue weighted by molar-refractivity contribution is 9.10. The second-order valence-corrected chi connectivity index (χ2v) is 6.83. The highest BCUT2D eigenvalue weighted by Crippen LogP contribution is 2.19. The van der Waals surface area contributed by atoms with Gasteiger partial charge in [0.2, 0.25) is 11.1 Å². The molecule has 0 spiro atoms. The lowest BCUT2D eigenvalue weighted by atomic mass is 10.3. The zero-order valence-electron chi connectivity index (χ0n) is 13.0. The Labute approximate surface area is 152 Å². The van der Waals surface area contributed by atoms with Crippen LogP contribution in [0.1, 0.15) is 12.7 Å². The normalized spacial score (nSPS) is 10.8. The molecule has 0 atom stereocenters. The average Bonchev–Trinajstić information content (AvgIpc) is 3.21. The lowest BCUT2D eigenvalue weighted by molar-refractivity contribution is -0.113. The Bertz CT molecular complexity index is 831. The van der Waals surface area contributed by atoms with Crippen LogP contribution in [0.25, 0.3) is 0 Å². The van der Waals surface area contributed by atoms with E-state index in [1.807, 2.05) is 65.1 Å². The second-order valence-electron chi connectivity index (χ2n) is 4.97. The molecule has 24 heavy (non-hydrogen) atoms. The first-order chi connectivity index (χ1) is 11.7. The molecule has 0 aliphatic heterocycles. The lowest BCUT2D eigenvalue weighted by Crippen LogP contribution is -2.16. The summed E-state index contributed by atoms with van der Waals surface area (Å²) in [7, 11) is 0. The standard InChI is InChI=1S/C16H16BrN5OS/c1-2-14-19-20-16(22(14)21-8-3-4-9-21)24-11-15(23)18-13-7-5-6-12(17)10-13/h3-10H,2,11H2,1H3,(H,18,23). The molecule has 8 heteroatoms. The number of amides is 1. The Kier molecular flexibility index (Phi) is 5.37. The number of thioether (sulfide) groups is 1. The Morgan fingerprint density at radius 3 is 2.75 bits per heavy atom. The molecule has 3 rings (SSSR count). The molecule has 0 aliphatic carbocycles. The summed E-state index contributed by atoms with van der Waals surface area (Å²) in [6.07, 6.45) is 4.61. The molecule has 1 aromatic carbocycles. The molecule has 0 bridgehead atoms. The van der Waals surface area contributed by atoms with Crippen LogP contribution in [0.2, 0.25) is 0 Å². The van der Waals surface area contributed by atoms with E-state index in [4.69, 9.17) is 0 Å². The SMILES string of the molecule is CCc1nnc(SCC(=O)Nc2cccc(Br)c2)n1-n1cccc1. The van der Waals surface area contributed by atoms with Gasteiger partial charge in [-0.2, -0.15) is 0 Å². The molecule has 0 aliphatic rings. The van der Waals surface area contributed by atoms with E-state index in [-0.39, 0.29) is 11.7 Å². The summed E-state index contributed by atoms with van der Waals surface area (Å²) in [5.41, 5.74) is 0.760. The zero-order chi connectivity index (χ0) is 16.9. The van der Waals surface area contributed by atoms with E-state index in [2.05, 4.69) is 31.4 Å². The molecule has 1 N–H and O–H groups in total. The molecule has 2 aromatic heterocycles. The highest BCUT2D eigenvalue weighted by Gasteiger charge is 2.14. The van der Waals surface area contributed by atoms with Gasteiger partial charge in [0.25, 0.3) is 0 Å². The van der Waals surface area contributed by atoms with Gasteiger partial charge in [-0.15, -0.1) is 10.2 Å². The first-order valence-corrected chi connectivity index (χ1v) is 9.21. The van der Waals surface area contributed by atoms with Crippen molar-refractivity contribution in [3.05, 3.63) is 59.1 Å². The van der Waals surface area contributed by atoms with Crippen LogP contribution >= 0.6 is 27.7 Å². The minimum atomic E-state index is -0.0850. The monoisotopic (exact) mass is 405 g/mol. The zero-order valence-corrected chi connectivity index (χ0v) is 15.4. The summed E-state index contributed by atoms with van der Waals surface area (Å²) in [4.78, 5) is 12.2. The van der Waals surface area contributed by atoms with Crippen molar-refractivity contribution in [2.75, 3.05) is 11.1 Å². The van der Waals surface area contributed by atoms with E-state index < -0.39 is 0 Å². The number of anilines is 1. The first-order valence-electron chi connectivity index (χ1n) is 7.43. The van der Waals surface area contributed by atoms with E-state index in [9.17, 15) is 4.79 Å². The number of nitrogens with one attached hydrogen (secondary N) is 1. The van der Waals surface area contributed by atoms with Gasteiger partial charge in [0.1, 0.15) is 0 Å². The van der Waals surface area contributed by atoms with Gasteiger partial charge in [0.05, 0.1) is 5.75 Å². The van der Waals surface area contributed by atoms with E-state index >= 15 is 0 Å². The Balaban J connectivity index is 1.69. The third-order valence-electron chi connectivity index (χ3n) is 3.25. The molecular weight excluding hydrogens is 390 g/mol. The molecular formula is C16H16BrN5OS. The van der Waals surface area contributed by atoms with Gasteiger partial charge in [0, 0.05) is 29.0 Å². The molecule has 1 amide bonds. The molecule has 6 nitrogen and oxygen atoms in total. The fourth-order valence-corrected chi connectivity index (χ4v) is 3.34. The van der Waals surface area contributed by atoms with E-state index in [0.29, 0.717) is 5.16 Å². The summed E-state index contributed by atoms with van der Waals surface area (Å²) in [6, 6.07) is 11.4. The molecule has 2 heterocycles. The minimum Gasteiger partial charge on any atom is -0.325 e. The van der Waals surface area contributed by atoms with Crippen molar-refractivity contribution in [3.8, 4) is 0 Å². The van der Waals surface area contributed by atoms with Crippen LogP contribution in [-0.2, 0) is 11.2 Å². The van der Waals surface area contributed by atoms with Crippen LogP contribution in [0.15, 0.2) is 58.4 Å². The number of rotatable bonds is 6. The number of nitrogens with zero attached hydrogens (tertiary/aromatic N) is 4. The lowest BCUT2D eigenvalue weighted by Gasteiger charge is -2.10. The number of aromatic nitrogens is 4. The van der Waals surface area contributed by atoms with Crippen LogP contribution in [0, 0.1) is 0 Å². The quantitative estimate of drug-likeness (QED) is 0.637. The predicted octanol–water partition coefficient (Wildman–Crippen LogP) is 3.45. The van der Waals surface area contributed by atoms with Crippen LogP contribution in [0.5, 0.6) is 0 Å². The molecule has 0 saturated heterocycles. The number of aryl methyl sites for hydroxylation is 1. The largest absolute Gasteiger partial charge is 0.325 e. The van der Waals surface area contributed by atoms with Crippen LogP contribution in [0.4, 0.5) is 5.69 Å². The molecule has 3 aromatic rings. The molecule has 124 valence electrons. The number of halogens is 1. The van der Waals surface area contributed by atoms with Gasteiger partial charge in [-0.3, -0.25) is 9.47 Å². The fraction of sp³-hybridized carbons (Fsp3) is 0.188. The van der Waals surface area contributed by atoms with Crippen molar-refractivity contribution in [2.45, 2.75) is 18.5 Å². The number of benzene rings is 1. The van der Waals surface area contributed by atoms with Gasteiger partial charge in [-0.1, -0.05) is 40.7 Å². The van der Waals surface area contributed by atoms with E-state index in [0.717, 1.165) is 22.4 Å². The molecule has 0 fully saturated rings. The van der Waals surface area contributed by atoms with Crippen LogP contribution < -0.4 is 5.32 Å². The highest BCUT2D eigenvalue weighted by atomic mass is 79.9. The second kappa shape index (κ2) is 7.67. The van der Waals surface area contributed by atoms with Crippen molar-refractivity contribution in [3.63, 3.8) is 0 Å². The third kappa shape index (κ3) is 3.88. The number of carbonyl (C=O) groups excluding carboxylic acids is 1. The summed E-state index contributed by atoms with van der Waals surface area (Å²) < 4.78 is 4.75. The van der Waals surface area contributed by atoms with Crippen molar-refractivity contribution < 1.29 is 4.79 Å². The van der Waals surface area contributed by atoms with Crippen molar-refractivity contribution in [2.24, 2.45) is 0 Å². The molecule has 0 unspecified atom stereocenters. The summed E-state index contributed by atoms with van der Waals surface area (Å²) in [5.74, 6) is 1.02. The first kappa shape index (κ1) is 16.8. The van der Waals surface area contributed by atoms with Gasteiger partial charge < -0.3 is 5.32 Å². The van der Waals surface area contributed by atoms with Gasteiger partial charge in [-0.25, -0.2) is 4.68 Å². The minimum absolute atomic E-state index is 0.0850. The Morgan fingerprint density at radius 2 is 2.04 bits per heavy atom. The van der Waals surface area contributed by atoms with Crippen LogP contribution in [0.3, 0.4) is 0 Å². The fourth-order valence-electron chi connectivity index (χ4n) is 2.19. The number of hydrogen-bond acceptors (Lipinski definition) is 4. The van der Waals surface area contributed by atoms with Crippen LogP contribution in [-0.4, -0.2) is 31.2 Å². The van der Waals surface area contributed by atoms with Gasteiger partial charge in [-0.05, 0) is 30.3 Å². The van der Waals surface area contributed by atoms with Gasteiger partial charge >= 0.3 is 0 Å². The summed E-state index contributed by atoms with van der Waals surface area (Å²) in [5, 5.41) is 12.0. The van der Waals surface area contributed by atoms with E-state index in [1.54, 1.807) is 0 Å². The summed E-state index contributed by atoms with van der Waals surface area (Å²) >= 11 is 4.75. The van der Waals surface area contributed by atoms with Crippen molar-refractivity contribution in [1.29, 1.82) is 0 Å². The third-order valence-corrected chi connectivity index (χ3v) is 4.67. The van der Waals surface area contributed by atoms with Gasteiger partial charge in [0.15, 0.2) is 5.82 Å². The Hall–Kier alpha value is -2.06. The smallest absolute Gasteiger partial charge is 0.234 e. The Morgan fingerprint density at radius 1 is 1.25 bits per heavy atom. The molecule has 0 saturated carbocycles. The summed E-state index contributed by atoms with van der Waals surface area (Å²) in [6.45, 7) is 2.03. The number of hydrogen-bond donors (Lipinski definition) is 1. The topological polar surface area (TPSA) is 64.7 Å². The number of carbonyl (C=O) groups is 1. The van der Waals surface area contributed by atoms with E-state index in [1.165, 1.54) is 11.8 Å². The maximum absolute atomic E-state index is 12.2.